The van der Waals surface area contributed by atoms with Gasteiger partial charge < -0.3 is 14.9 Å². The van der Waals surface area contributed by atoms with Crippen LogP contribution in [-0.4, -0.2) is 37.4 Å². The average Bonchev–Trinajstić information content (AvgIpc) is 3.48. The van der Waals surface area contributed by atoms with Crippen molar-refractivity contribution in [1.82, 2.24) is 14.5 Å². The minimum Gasteiger partial charge on any atom is -0.439 e. The Kier molecular flexibility index (Phi) is 5.32. The number of ether oxygens (including phenoxy) is 1. The van der Waals surface area contributed by atoms with Gasteiger partial charge in [-0.2, -0.15) is 0 Å². The summed E-state index contributed by atoms with van der Waals surface area (Å²) < 4.78 is 6.99. The van der Waals surface area contributed by atoms with Crippen LogP contribution in [0.2, 0.25) is 0 Å². The fraction of sp³-hybridized carbons (Fsp3) is 0.192. The monoisotopic (exact) mass is 470 g/mol. The second kappa shape index (κ2) is 8.35. The number of benzene rings is 3. The van der Waals surface area contributed by atoms with E-state index in [1.807, 2.05) is 66.7 Å². The quantitative estimate of drug-likeness (QED) is 0.306. The maximum Gasteiger partial charge on any atom is 0.417 e. The average molecular weight is 470 g/mol. The van der Waals surface area contributed by atoms with Gasteiger partial charge in [-0.1, -0.05) is 66.7 Å². The molecule has 0 radical (unpaired) electrons. The Morgan fingerprint density at radius 3 is 2.43 bits per heavy atom. The van der Waals surface area contributed by atoms with Gasteiger partial charge in [0.1, 0.15) is 17.8 Å². The molecule has 9 heteroatoms. The van der Waals surface area contributed by atoms with E-state index in [1.54, 1.807) is 19.9 Å². The largest absolute Gasteiger partial charge is 0.439 e. The molecule has 0 spiro atoms. The summed E-state index contributed by atoms with van der Waals surface area (Å²) in [5.41, 5.74) is -0.185. The molecule has 9 nitrogen and oxygen atoms in total. The molecular weight excluding hydrogens is 448 g/mol. The van der Waals surface area contributed by atoms with Gasteiger partial charge in [0.25, 0.3) is 5.91 Å². The summed E-state index contributed by atoms with van der Waals surface area (Å²) in [6.45, 7) is 3.37. The van der Waals surface area contributed by atoms with Gasteiger partial charge in [-0.3, -0.25) is 9.36 Å². The number of amides is 2. The number of carbonyl (C=O) groups is 2. The van der Waals surface area contributed by atoms with Crippen molar-refractivity contribution >= 4 is 28.6 Å². The molecule has 1 unspecified atom stereocenters. The Labute approximate surface area is 200 Å². The van der Waals surface area contributed by atoms with Crippen molar-refractivity contribution in [3.63, 3.8) is 0 Å². The van der Waals surface area contributed by atoms with E-state index in [4.69, 9.17) is 4.74 Å². The third-order valence-electron chi connectivity index (χ3n) is 6.62. The van der Waals surface area contributed by atoms with E-state index >= 15 is 0 Å². The second-order valence-electron chi connectivity index (χ2n) is 8.66. The Morgan fingerprint density at radius 2 is 1.74 bits per heavy atom. The third-order valence-corrected chi connectivity index (χ3v) is 6.62. The predicted molar refractivity (Wildman–Crippen MR) is 128 cm³/mol. The first-order chi connectivity index (χ1) is 16.8. The van der Waals surface area contributed by atoms with Crippen molar-refractivity contribution in [3.05, 3.63) is 107 Å². The lowest BCUT2D eigenvalue weighted by Gasteiger charge is -2.33. The summed E-state index contributed by atoms with van der Waals surface area (Å²) in [6.07, 6.45) is 1.04. The van der Waals surface area contributed by atoms with Gasteiger partial charge in [-0.15, -0.1) is 0 Å². The fourth-order valence-corrected chi connectivity index (χ4v) is 4.58. The summed E-state index contributed by atoms with van der Waals surface area (Å²) in [7, 11) is 0. The second-order valence-corrected chi connectivity index (χ2v) is 8.66. The number of nitrogens with zero attached hydrogens (tertiary/aromatic N) is 4. The van der Waals surface area contributed by atoms with E-state index in [2.05, 4.69) is 4.98 Å². The first kappa shape index (κ1) is 22.3. The molecular formula is C26H22N4O5. The number of carbonyl (C=O) groups excluding carboxylic acids is 2. The maximum absolute atomic E-state index is 14.2. The molecule has 0 aliphatic carbocycles. The van der Waals surface area contributed by atoms with Gasteiger partial charge in [0, 0.05) is 0 Å². The topological polar surface area (TPSA) is 108 Å². The Bertz CT molecular complexity index is 1450. The maximum atomic E-state index is 14.2. The van der Waals surface area contributed by atoms with Gasteiger partial charge in [0.05, 0.1) is 6.04 Å². The van der Waals surface area contributed by atoms with Crippen LogP contribution >= 0.6 is 0 Å². The molecule has 3 atom stereocenters. The number of hydrogen-bond donors (Lipinski definition) is 0. The van der Waals surface area contributed by atoms with Crippen molar-refractivity contribution < 1.29 is 19.2 Å². The predicted octanol–water partition coefficient (Wildman–Crippen LogP) is 4.82. The number of hydrogen-bond acceptors (Lipinski definition) is 6. The van der Waals surface area contributed by atoms with E-state index in [1.165, 1.54) is 17.1 Å². The van der Waals surface area contributed by atoms with Crippen LogP contribution in [0.4, 0.5) is 10.6 Å². The van der Waals surface area contributed by atoms with Crippen LogP contribution in [0.1, 0.15) is 31.1 Å². The smallest absolute Gasteiger partial charge is 0.417 e. The molecule has 1 aliphatic rings. The van der Waals surface area contributed by atoms with Crippen LogP contribution in [0.5, 0.6) is 0 Å². The zero-order chi connectivity index (χ0) is 24.7. The minimum absolute atomic E-state index is 0.399. The highest BCUT2D eigenvalue weighted by Gasteiger charge is 2.51. The van der Waals surface area contributed by atoms with Gasteiger partial charge in [-0.05, 0) is 51.7 Å². The molecule has 2 heterocycles. The lowest BCUT2D eigenvalue weighted by Crippen LogP contribution is -2.52. The zero-order valence-electron chi connectivity index (χ0n) is 19.1. The lowest BCUT2D eigenvalue weighted by molar-refractivity contribution is -0.389. The molecule has 2 amide bonds. The van der Waals surface area contributed by atoms with Crippen LogP contribution in [0.25, 0.3) is 10.8 Å². The number of rotatable bonds is 5. The summed E-state index contributed by atoms with van der Waals surface area (Å²) in [5, 5.41) is 13.2. The summed E-state index contributed by atoms with van der Waals surface area (Å²) in [6, 6.07) is 21.8. The Morgan fingerprint density at radius 1 is 1.06 bits per heavy atom. The number of aromatic nitrogens is 2. The molecule has 0 bridgehead atoms. The number of fused-ring (bicyclic) bond motifs is 1. The number of nitro groups is 1. The summed E-state index contributed by atoms with van der Waals surface area (Å²) >= 11 is 0. The SMILES string of the molecule is C[C@@H]1[C@H](c2ccccc2)OC(=O)N1C(=O)C(C)(c1ccc2ccccc2c1)n1cnc([N+](=O)[O-])c1. The Hall–Kier alpha value is -4.53. The molecule has 0 saturated carbocycles. The van der Waals surface area contributed by atoms with Crippen LogP contribution in [0.3, 0.4) is 0 Å². The molecule has 1 saturated heterocycles. The van der Waals surface area contributed by atoms with Crippen molar-refractivity contribution in [2.75, 3.05) is 0 Å². The standard InChI is InChI=1S/C26H22N4O5/c1-17-23(19-9-4-3-5-10-19)35-25(32)29(17)24(31)26(2,28-15-22(27-16-28)30(33)34)21-13-12-18-8-6-7-11-20(18)14-21/h3-17,23H,1-2H3/t17-,23-,26?/m1/s1. The van der Waals surface area contributed by atoms with Crippen LogP contribution in [0, 0.1) is 10.1 Å². The molecule has 5 rings (SSSR count). The number of imide groups is 1. The van der Waals surface area contributed by atoms with E-state index in [0.29, 0.717) is 5.56 Å². The highest BCUT2D eigenvalue weighted by Crippen LogP contribution is 2.38. The van der Waals surface area contributed by atoms with Gasteiger partial charge >= 0.3 is 11.9 Å². The van der Waals surface area contributed by atoms with Gasteiger partial charge in [0.2, 0.25) is 6.33 Å². The van der Waals surface area contributed by atoms with Crippen LogP contribution in [0.15, 0.2) is 85.3 Å². The molecule has 1 fully saturated rings. The van der Waals surface area contributed by atoms with Crippen molar-refractivity contribution in [1.29, 1.82) is 0 Å². The normalized spacial score (nSPS) is 19.4. The third kappa shape index (κ3) is 3.61. The fourth-order valence-electron chi connectivity index (χ4n) is 4.58. The van der Waals surface area contributed by atoms with E-state index in [9.17, 15) is 19.7 Å². The number of imidazole rings is 1. The highest BCUT2D eigenvalue weighted by atomic mass is 16.6. The highest BCUT2D eigenvalue weighted by molar-refractivity contribution is 6.00. The van der Waals surface area contributed by atoms with Crippen molar-refractivity contribution in [2.45, 2.75) is 31.5 Å². The minimum atomic E-state index is -1.51. The molecule has 3 aromatic carbocycles. The van der Waals surface area contributed by atoms with Crippen LogP contribution < -0.4 is 0 Å². The number of cyclic esters (lactones) is 1. The summed E-state index contributed by atoms with van der Waals surface area (Å²) in [4.78, 5) is 42.9. The first-order valence-corrected chi connectivity index (χ1v) is 11.1. The first-order valence-electron chi connectivity index (χ1n) is 11.1. The van der Waals surface area contributed by atoms with Crippen molar-refractivity contribution in [3.8, 4) is 0 Å². The zero-order valence-corrected chi connectivity index (χ0v) is 19.1. The van der Waals surface area contributed by atoms with Crippen molar-refractivity contribution in [2.24, 2.45) is 0 Å². The molecule has 176 valence electrons. The van der Waals surface area contributed by atoms with Gasteiger partial charge in [-0.25, -0.2) is 9.69 Å². The molecule has 1 aromatic heterocycles. The summed E-state index contributed by atoms with van der Waals surface area (Å²) in [5.74, 6) is -0.972. The van der Waals surface area contributed by atoms with E-state index in [0.717, 1.165) is 21.2 Å². The lowest BCUT2D eigenvalue weighted by atomic mass is 9.87. The molecule has 1 aliphatic heterocycles. The van der Waals surface area contributed by atoms with Crippen LogP contribution in [-0.2, 0) is 15.1 Å². The molecule has 35 heavy (non-hydrogen) atoms. The molecule has 0 N–H and O–H groups in total. The Balaban J connectivity index is 1.63. The van der Waals surface area contributed by atoms with Gasteiger partial charge in [0.15, 0.2) is 0 Å². The molecule has 4 aromatic rings. The van der Waals surface area contributed by atoms with E-state index in [-0.39, 0.29) is 0 Å². The van der Waals surface area contributed by atoms with E-state index < -0.39 is 40.4 Å².